The number of hydrogen-bond acceptors (Lipinski definition) is 10. The van der Waals surface area contributed by atoms with E-state index < -0.39 is 17.5 Å². The van der Waals surface area contributed by atoms with E-state index in [1.807, 2.05) is 28.0 Å². The minimum atomic E-state index is -4.67. The van der Waals surface area contributed by atoms with Gasteiger partial charge in [0, 0.05) is 68.2 Å². The van der Waals surface area contributed by atoms with Crippen LogP contribution in [0.15, 0.2) is 37.1 Å². The second kappa shape index (κ2) is 12.0. The number of nitriles is 1. The van der Waals surface area contributed by atoms with E-state index in [9.17, 15) is 18.4 Å². The predicted molar refractivity (Wildman–Crippen MR) is 155 cm³/mol. The summed E-state index contributed by atoms with van der Waals surface area (Å²) in [6.45, 7) is 4.12. The van der Waals surface area contributed by atoms with Gasteiger partial charge in [-0.05, 0) is 31.7 Å². The number of morpholine rings is 1. The van der Waals surface area contributed by atoms with Crippen LogP contribution in [0.4, 0.5) is 13.2 Å². The van der Waals surface area contributed by atoms with Crippen molar-refractivity contribution in [2.24, 2.45) is 0 Å². The molecule has 4 aromatic rings. The van der Waals surface area contributed by atoms with E-state index in [4.69, 9.17) is 9.47 Å². The zero-order valence-electron chi connectivity index (χ0n) is 24.6. The Morgan fingerprint density at radius 2 is 1.91 bits per heavy atom. The summed E-state index contributed by atoms with van der Waals surface area (Å²) in [7, 11) is 0. The van der Waals surface area contributed by atoms with Crippen molar-refractivity contribution in [2.45, 2.75) is 62.5 Å². The van der Waals surface area contributed by atoms with E-state index in [1.54, 1.807) is 6.20 Å². The van der Waals surface area contributed by atoms with Crippen LogP contribution in [0.2, 0.25) is 0 Å². The Morgan fingerprint density at radius 3 is 2.67 bits per heavy atom. The molecule has 0 aromatic carbocycles. The molecule has 15 heteroatoms. The largest absolute Gasteiger partial charge is 0.474 e. The number of nitrogens with one attached hydrogen (secondary N) is 1. The van der Waals surface area contributed by atoms with E-state index >= 15 is 0 Å². The first-order valence-corrected chi connectivity index (χ1v) is 15.2. The third kappa shape index (κ3) is 6.09. The molecule has 7 rings (SSSR count). The van der Waals surface area contributed by atoms with Crippen molar-refractivity contribution in [3.05, 3.63) is 48.6 Å². The van der Waals surface area contributed by atoms with Crippen molar-refractivity contribution >= 4 is 11.0 Å². The molecule has 0 atom stereocenters. The number of halogens is 3. The highest BCUT2D eigenvalue weighted by atomic mass is 19.4. The van der Waals surface area contributed by atoms with Gasteiger partial charge in [0.1, 0.15) is 18.1 Å². The van der Waals surface area contributed by atoms with Gasteiger partial charge in [0.15, 0.2) is 0 Å². The van der Waals surface area contributed by atoms with Gasteiger partial charge in [-0.15, -0.1) is 0 Å². The number of H-pyrrole nitrogens is 1. The lowest BCUT2D eigenvalue weighted by atomic mass is 9.69. The van der Waals surface area contributed by atoms with Crippen molar-refractivity contribution in [3.63, 3.8) is 0 Å². The number of aromatic nitrogens is 7. The number of piperidine rings is 1. The number of alkyl halides is 3. The highest BCUT2D eigenvalue weighted by molar-refractivity contribution is 5.90. The number of hydrogen-bond donors (Lipinski definition) is 1. The number of likely N-dealkylation sites (tertiary alicyclic amines) is 1. The molecule has 0 radical (unpaired) electrons. The second-order valence-corrected chi connectivity index (χ2v) is 12.0. The molecule has 4 aromatic heterocycles. The van der Waals surface area contributed by atoms with Crippen LogP contribution in [0.5, 0.6) is 5.88 Å². The van der Waals surface area contributed by atoms with Crippen molar-refractivity contribution in [2.75, 3.05) is 39.4 Å². The van der Waals surface area contributed by atoms with Gasteiger partial charge in [-0.3, -0.25) is 14.5 Å². The fourth-order valence-electron chi connectivity index (χ4n) is 6.70. The van der Waals surface area contributed by atoms with E-state index in [2.05, 4.69) is 41.0 Å². The summed E-state index contributed by atoms with van der Waals surface area (Å²) < 4.78 is 54.1. The van der Waals surface area contributed by atoms with Gasteiger partial charge in [0.2, 0.25) is 11.7 Å². The fourth-order valence-corrected chi connectivity index (χ4v) is 6.70. The average Bonchev–Trinajstić information content (AvgIpc) is 3.70. The van der Waals surface area contributed by atoms with Crippen LogP contribution >= 0.6 is 0 Å². The summed E-state index contributed by atoms with van der Waals surface area (Å²) in [5.74, 6) is -1.21. The molecule has 0 amide bonds. The van der Waals surface area contributed by atoms with Crippen LogP contribution < -0.4 is 4.74 Å². The Balaban J connectivity index is 0.981. The molecular formula is C30H33F3N10O2. The Morgan fingerprint density at radius 1 is 1.11 bits per heavy atom. The molecule has 3 fully saturated rings. The topological polar surface area (TPSA) is 134 Å². The molecule has 0 spiro atoms. The van der Waals surface area contributed by atoms with Crippen LogP contribution in [0, 0.1) is 11.3 Å². The second-order valence-electron chi connectivity index (χ2n) is 12.0. The normalized spacial score (nSPS) is 23.6. The molecule has 12 nitrogen and oxygen atoms in total. The first kappa shape index (κ1) is 29.6. The van der Waals surface area contributed by atoms with Crippen molar-refractivity contribution in [1.82, 2.24) is 44.5 Å². The van der Waals surface area contributed by atoms with Gasteiger partial charge in [-0.1, -0.05) is 0 Å². The summed E-state index contributed by atoms with van der Waals surface area (Å²) in [4.78, 5) is 23.7. The molecular weight excluding hydrogens is 589 g/mol. The lowest BCUT2D eigenvalue weighted by molar-refractivity contribution is -0.145. The zero-order chi connectivity index (χ0) is 31.0. The Labute approximate surface area is 257 Å². The monoisotopic (exact) mass is 622 g/mol. The lowest BCUT2D eigenvalue weighted by Crippen LogP contribution is -2.58. The minimum Gasteiger partial charge on any atom is -0.474 e. The Kier molecular flexibility index (Phi) is 7.88. The van der Waals surface area contributed by atoms with Gasteiger partial charge in [-0.2, -0.15) is 28.5 Å². The molecule has 236 valence electrons. The van der Waals surface area contributed by atoms with Gasteiger partial charge < -0.3 is 14.5 Å². The molecule has 3 aliphatic rings. The minimum absolute atomic E-state index is 0.0363. The average molecular weight is 623 g/mol. The number of rotatable bonds is 8. The van der Waals surface area contributed by atoms with Crippen LogP contribution in [-0.2, 0) is 23.0 Å². The molecule has 45 heavy (non-hydrogen) atoms. The van der Waals surface area contributed by atoms with E-state index in [0.29, 0.717) is 45.6 Å². The summed E-state index contributed by atoms with van der Waals surface area (Å²) in [5, 5.41) is 15.3. The van der Waals surface area contributed by atoms with Crippen molar-refractivity contribution in [3.8, 4) is 23.2 Å². The van der Waals surface area contributed by atoms with Crippen LogP contribution in [0.1, 0.15) is 43.6 Å². The van der Waals surface area contributed by atoms with E-state index in [0.717, 1.165) is 48.2 Å². The Bertz CT molecular complexity index is 1680. The van der Waals surface area contributed by atoms with E-state index in [-0.39, 0.29) is 30.3 Å². The molecule has 0 bridgehead atoms. The third-order valence-corrected chi connectivity index (χ3v) is 9.11. The van der Waals surface area contributed by atoms with Crippen LogP contribution in [0.25, 0.3) is 22.3 Å². The van der Waals surface area contributed by atoms with Gasteiger partial charge in [0.05, 0.1) is 48.8 Å². The molecule has 1 aliphatic carbocycles. The molecule has 2 aliphatic heterocycles. The zero-order valence-corrected chi connectivity index (χ0v) is 24.6. The first-order valence-electron chi connectivity index (χ1n) is 15.2. The highest BCUT2D eigenvalue weighted by Gasteiger charge is 2.49. The lowest BCUT2D eigenvalue weighted by Gasteiger charge is -2.52. The number of aromatic amines is 1. The number of ether oxygens (including phenoxy) is 2. The van der Waals surface area contributed by atoms with Crippen LogP contribution in [-0.4, -0.2) is 96.0 Å². The molecule has 6 heterocycles. The van der Waals surface area contributed by atoms with Crippen molar-refractivity contribution in [1.29, 1.82) is 5.26 Å². The highest BCUT2D eigenvalue weighted by Crippen LogP contribution is 2.45. The molecule has 1 N–H and O–H groups in total. The standard InChI is InChI=1S/C30H33F3N10O2/c31-30(32,33)28-39-21(18-41-9-11-44-12-10-41)13-25(40-28)45-23-2-7-42(8-3-23)22-14-29(15-22,4-5-34)43-17-20(16-38-43)26-24-1-6-35-27(24)37-19-36-26/h1,6,13,16-17,19,22-23H,2-4,7-12,14-15,18H2,(H,35,36,37). The SMILES string of the molecule is N#CCC1(n2cc(-c3ncnc4[nH]ccc34)cn2)CC(N2CCC(Oc3cc(CN4CCOCC4)nc(C(F)(F)F)n3)CC2)C1. The van der Waals surface area contributed by atoms with Gasteiger partial charge in [-0.25, -0.2) is 15.0 Å². The predicted octanol–water partition coefficient (Wildman–Crippen LogP) is 3.78. The first-order chi connectivity index (χ1) is 21.8. The maximum atomic E-state index is 13.6. The smallest absolute Gasteiger partial charge is 0.451 e. The third-order valence-electron chi connectivity index (χ3n) is 9.11. The van der Waals surface area contributed by atoms with Crippen LogP contribution in [0.3, 0.4) is 0 Å². The summed E-state index contributed by atoms with van der Waals surface area (Å²) in [5.41, 5.74) is 2.30. The van der Waals surface area contributed by atoms with Gasteiger partial charge in [0.25, 0.3) is 0 Å². The number of fused-ring (bicyclic) bond motifs is 1. The van der Waals surface area contributed by atoms with Crippen molar-refractivity contribution < 1.29 is 22.6 Å². The molecule has 1 saturated carbocycles. The maximum absolute atomic E-state index is 13.6. The molecule has 0 unspecified atom stereocenters. The summed E-state index contributed by atoms with van der Waals surface area (Å²) in [6, 6.07) is 6.09. The van der Waals surface area contributed by atoms with E-state index in [1.165, 1.54) is 12.4 Å². The summed E-state index contributed by atoms with van der Waals surface area (Å²) in [6.07, 6.45) is 5.42. The van der Waals surface area contributed by atoms with Gasteiger partial charge >= 0.3 is 6.18 Å². The Hall–Kier alpha value is -4.13. The maximum Gasteiger partial charge on any atom is 0.451 e. The molecule has 2 saturated heterocycles. The quantitative estimate of drug-likeness (QED) is 0.310. The summed E-state index contributed by atoms with van der Waals surface area (Å²) >= 11 is 0. The number of nitrogens with zero attached hydrogens (tertiary/aromatic N) is 9. The fraction of sp³-hybridized carbons (Fsp3) is 0.533.